The van der Waals surface area contributed by atoms with Gasteiger partial charge in [-0.15, -0.1) is 0 Å². The highest BCUT2D eigenvalue weighted by Crippen LogP contribution is 2.21. The molecular weight excluding hydrogens is 202 g/mol. The first-order valence-electron chi connectivity index (χ1n) is 5.76. The molecule has 0 aliphatic carbocycles. The third-order valence-corrected chi connectivity index (χ3v) is 3.32. The maximum atomic E-state index is 10.0. The van der Waals surface area contributed by atoms with Gasteiger partial charge in [0.15, 0.2) is 0 Å². The molecule has 1 saturated heterocycles. The summed E-state index contributed by atoms with van der Waals surface area (Å²) in [6, 6.07) is 4.06. The summed E-state index contributed by atoms with van der Waals surface area (Å²) in [6.07, 6.45) is 5.17. The van der Waals surface area contributed by atoms with Crippen molar-refractivity contribution in [2.45, 2.75) is 25.0 Å². The highest BCUT2D eigenvalue weighted by atomic mass is 16.3. The smallest absolute Gasteiger partial charge is 0.0793 e. The average molecular weight is 221 g/mol. The number of nitrogens with two attached hydrogens (primary N) is 1. The molecule has 1 aromatic rings. The fraction of sp³-hybridized carbons (Fsp3) is 0.583. The SMILES string of the molecule is NCC1(O)CCN(Cc2ccncc2)CC1. The van der Waals surface area contributed by atoms with E-state index in [0.717, 1.165) is 32.5 Å². The minimum absolute atomic E-state index is 0.371. The van der Waals surface area contributed by atoms with E-state index in [1.807, 2.05) is 24.5 Å². The van der Waals surface area contributed by atoms with Crippen LogP contribution in [0.4, 0.5) is 0 Å². The molecule has 0 saturated carbocycles. The van der Waals surface area contributed by atoms with Crippen molar-refractivity contribution in [3.63, 3.8) is 0 Å². The number of nitrogens with zero attached hydrogens (tertiary/aromatic N) is 2. The Bertz CT molecular complexity index is 320. The predicted octanol–water partition coefficient (Wildman–Crippen LogP) is 0.367. The average Bonchev–Trinajstić information content (AvgIpc) is 2.34. The van der Waals surface area contributed by atoms with Crippen LogP contribution in [0.25, 0.3) is 0 Å². The first kappa shape index (κ1) is 11.5. The lowest BCUT2D eigenvalue weighted by atomic mass is 9.91. The summed E-state index contributed by atoms with van der Waals surface area (Å²) in [6.45, 7) is 3.13. The zero-order chi connectivity index (χ0) is 11.4. The third kappa shape index (κ3) is 2.78. The third-order valence-electron chi connectivity index (χ3n) is 3.32. The summed E-state index contributed by atoms with van der Waals surface area (Å²) in [5, 5.41) is 10.0. The van der Waals surface area contributed by atoms with Crippen molar-refractivity contribution in [1.29, 1.82) is 0 Å². The van der Waals surface area contributed by atoms with Crippen molar-refractivity contribution in [3.8, 4) is 0 Å². The fourth-order valence-electron chi connectivity index (χ4n) is 2.08. The van der Waals surface area contributed by atoms with Crippen LogP contribution in [-0.4, -0.2) is 40.2 Å². The molecule has 0 unspecified atom stereocenters. The van der Waals surface area contributed by atoms with Crippen LogP contribution in [0.2, 0.25) is 0 Å². The first-order valence-corrected chi connectivity index (χ1v) is 5.76. The summed E-state index contributed by atoms with van der Waals surface area (Å²) in [5.74, 6) is 0. The zero-order valence-electron chi connectivity index (χ0n) is 9.47. The molecule has 2 rings (SSSR count). The number of piperidine rings is 1. The molecule has 16 heavy (non-hydrogen) atoms. The van der Waals surface area contributed by atoms with Crippen LogP contribution in [0.15, 0.2) is 24.5 Å². The van der Waals surface area contributed by atoms with E-state index in [9.17, 15) is 5.11 Å². The number of aliphatic hydroxyl groups is 1. The van der Waals surface area contributed by atoms with Gasteiger partial charge in [-0.1, -0.05) is 0 Å². The highest BCUT2D eigenvalue weighted by molar-refractivity contribution is 5.09. The highest BCUT2D eigenvalue weighted by Gasteiger charge is 2.30. The molecule has 3 N–H and O–H groups in total. The summed E-state index contributed by atoms with van der Waals surface area (Å²) >= 11 is 0. The molecule has 2 heterocycles. The van der Waals surface area contributed by atoms with E-state index in [1.165, 1.54) is 5.56 Å². The van der Waals surface area contributed by atoms with Gasteiger partial charge in [0, 0.05) is 38.6 Å². The molecule has 0 bridgehead atoms. The van der Waals surface area contributed by atoms with Gasteiger partial charge < -0.3 is 10.8 Å². The van der Waals surface area contributed by atoms with Crippen molar-refractivity contribution in [2.24, 2.45) is 5.73 Å². The maximum Gasteiger partial charge on any atom is 0.0793 e. The van der Waals surface area contributed by atoms with Gasteiger partial charge in [-0.25, -0.2) is 0 Å². The van der Waals surface area contributed by atoms with Gasteiger partial charge in [-0.05, 0) is 30.5 Å². The molecule has 88 valence electrons. The first-order chi connectivity index (χ1) is 7.72. The van der Waals surface area contributed by atoms with E-state index in [1.54, 1.807) is 0 Å². The fourth-order valence-corrected chi connectivity index (χ4v) is 2.08. The van der Waals surface area contributed by atoms with Crippen LogP contribution in [0.1, 0.15) is 18.4 Å². The standard InChI is InChI=1S/C12H19N3O/c13-10-12(16)3-7-15(8-4-12)9-11-1-5-14-6-2-11/h1-2,5-6,16H,3-4,7-10,13H2. The summed E-state index contributed by atoms with van der Waals surface area (Å²) < 4.78 is 0. The quantitative estimate of drug-likeness (QED) is 0.774. The molecule has 0 aromatic carbocycles. The van der Waals surface area contributed by atoms with Crippen molar-refractivity contribution < 1.29 is 5.11 Å². The Morgan fingerprint density at radius 3 is 2.50 bits per heavy atom. The number of rotatable bonds is 3. The van der Waals surface area contributed by atoms with E-state index in [-0.39, 0.29) is 0 Å². The molecule has 1 fully saturated rings. The topological polar surface area (TPSA) is 62.4 Å². The lowest BCUT2D eigenvalue weighted by molar-refractivity contribution is -0.0153. The van der Waals surface area contributed by atoms with E-state index in [4.69, 9.17) is 5.73 Å². The van der Waals surface area contributed by atoms with Crippen molar-refractivity contribution in [1.82, 2.24) is 9.88 Å². The molecule has 1 aliphatic rings. The number of likely N-dealkylation sites (tertiary alicyclic amines) is 1. The largest absolute Gasteiger partial charge is 0.388 e. The lowest BCUT2D eigenvalue weighted by Crippen LogP contribution is -2.48. The molecule has 1 aliphatic heterocycles. The summed E-state index contributed by atoms with van der Waals surface area (Å²) in [7, 11) is 0. The zero-order valence-corrected chi connectivity index (χ0v) is 9.47. The monoisotopic (exact) mass is 221 g/mol. The number of hydrogen-bond donors (Lipinski definition) is 2. The van der Waals surface area contributed by atoms with Crippen LogP contribution in [0.3, 0.4) is 0 Å². The van der Waals surface area contributed by atoms with Gasteiger partial charge in [0.25, 0.3) is 0 Å². The van der Waals surface area contributed by atoms with Crippen molar-refractivity contribution in [2.75, 3.05) is 19.6 Å². The number of hydrogen-bond acceptors (Lipinski definition) is 4. The van der Waals surface area contributed by atoms with E-state index in [0.29, 0.717) is 6.54 Å². The number of pyridine rings is 1. The van der Waals surface area contributed by atoms with E-state index >= 15 is 0 Å². The molecule has 0 amide bonds. The number of aromatic nitrogens is 1. The Morgan fingerprint density at radius 1 is 1.31 bits per heavy atom. The van der Waals surface area contributed by atoms with Gasteiger partial charge in [0.1, 0.15) is 0 Å². The van der Waals surface area contributed by atoms with E-state index in [2.05, 4.69) is 9.88 Å². The lowest BCUT2D eigenvalue weighted by Gasteiger charge is -2.37. The minimum atomic E-state index is -0.630. The Balaban J connectivity index is 1.86. The maximum absolute atomic E-state index is 10.0. The molecule has 0 atom stereocenters. The summed E-state index contributed by atoms with van der Waals surface area (Å²) in [5.41, 5.74) is 6.20. The summed E-state index contributed by atoms with van der Waals surface area (Å²) in [4.78, 5) is 6.35. The van der Waals surface area contributed by atoms with Crippen LogP contribution in [0.5, 0.6) is 0 Å². The molecule has 4 heteroatoms. The van der Waals surface area contributed by atoms with Gasteiger partial charge in [-0.3, -0.25) is 9.88 Å². The van der Waals surface area contributed by atoms with Gasteiger partial charge >= 0.3 is 0 Å². The van der Waals surface area contributed by atoms with E-state index < -0.39 is 5.60 Å². The second-order valence-corrected chi connectivity index (χ2v) is 4.56. The molecule has 0 spiro atoms. The van der Waals surface area contributed by atoms with Gasteiger partial charge in [0.2, 0.25) is 0 Å². The molecule has 4 nitrogen and oxygen atoms in total. The minimum Gasteiger partial charge on any atom is -0.388 e. The van der Waals surface area contributed by atoms with Crippen molar-refractivity contribution in [3.05, 3.63) is 30.1 Å². The Hall–Kier alpha value is -0.970. The second-order valence-electron chi connectivity index (χ2n) is 4.56. The second kappa shape index (κ2) is 4.91. The van der Waals surface area contributed by atoms with Gasteiger partial charge in [0.05, 0.1) is 5.60 Å². The van der Waals surface area contributed by atoms with Crippen LogP contribution in [0, 0.1) is 0 Å². The van der Waals surface area contributed by atoms with Crippen molar-refractivity contribution >= 4 is 0 Å². The molecular formula is C12H19N3O. The van der Waals surface area contributed by atoms with Gasteiger partial charge in [-0.2, -0.15) is 0 Å². The Labute approximate surface area is 96.1 Å². The molecule has 1 aromatic heterocycles. The Morgan fingerprint density at radius 2 is 1.94 bits per heavy atom. The Kier molecular flexibility index (Phi) is 3.53. The van der Waals surface area contributed by atoms with Crippen LogP contribution >= 0.6 is 0 Å². The van der Waals surface area contributed by atoms with Crippen LogP contribution in [-0.2, 0) is 6.54 Å². The predicted molar refractivity (Wildman–Crippen MR) is 62.8 cm³/mol. The normalized spacial score (nSPS) is 20.9. The van der Waals surface area contributed by atoms with Crippen LogP contribution < -0.4 is 5.73 Å². The molecule has 0 radical (unpaired) electrons.